The van der Waals surface area contributed by atoms with Crippen LogP contribution in [0.3, 0.4) is 0 Å². The van der Waals surface area contributed by atoms with Gasteiger partial charge in [0.1, 0.15) is 0 Å². The molecule has 2 rings (SSSR count). The number of hydrogen-bond acceptors (Lipinski definition) is 5. The minimum absolute atomic E-state index is 0.00198. The van der Waals surface area contributed by atoms with Crippen LogP contribution >= 0.6 is 0 Å². The lowest BCUT2D eigenvalue weighted by Gasteiger charge is -2.04. The van der Waals surface area contributed by atoms with Gasteiger partial charge >= 0.3 is 5.97 Å². The highest BCUT2D eigenvalue weighted by Gasteiger charge is 2.07. The summed E-state index contributed by atoms with van der Waals surface area (Å²) in [5.74, 6) is -0.997. The second-order valence-electron chi connectivity index (χ2n) is 4.50. The summed E-state index contributed by atoms with van der Waals surface area (Å²) >= 11 is 0. The summed E-state index contributed by atoms with van der Waals surface area (Å²) in [4.78, 5) is 21.0. The summed E-state index contributed by atoms with van der Waals surface area (Å²) in [7, 11) is 0. The van der Waals surface area contributed by atoms with E-state index in [4.69, 9.17) is 5.11 Å². The van der Waals surface area contributed by atoms with Gasteiger partial charge in [0.2, 0.25) is 0 Å². The molecule has 0 amide bonds. The zero-order valence-electron chi connectivity index (χ0n) is 11.7. The Labute approximate surface area is 126 Å². The van der Waals surface area contributed by atoms with Crippen LogP contribution in [0.5, 0.6) is 0 Å². The fraction of sp³-hybridized carbons (Fsp3) is 0.0667. The van der Waals surface area contributed by atoms with Gasteiger partial charge < -0.3 is 5.11 Å². The highest BCUT2D eigenvalue weighted by molar-refractivity contribution is 5.99. The maximum atomic E-state index is 10.7. The Morgan fingerprint density at radius 1 is 1.18 bits per heavy atom. The average molecular weight is 299 g/mol. The van der Waals surface area contributed by atoms with Crippen molar-refractivity contribution in [3.8, 4) is 0 Å². The molecule has 22 heavy (non-hydrogen) atoms. The predicted octanol–water partition coefficient (Wildman–Crippen LogP) is 3.13. The molecule has 0 fully saturated rings. The summed E-state index contributed by atoms with van der Waals surface area (Å²) < 4.78 is 0. The van der Waals surface area contributed by atoms with Gasteiger partial charge in [0.15, 0.2) is 0 Å². The number of nitrogens with one attached hydrogen (secondary N) is 1. The van der Waals surface area contributed by atoms with Gasteiger partial charge in [-0.05, 0) is 31.2 Å². The number of carboxylic acids is 1. The van der Waals surface area contributed by atoms with Gasteiger partial charge in [-0.1, -0.05) is 12.1 Å². The third-order valence-electron chi connectivity index (χ3n) is 2.96. The minimum Gasteiger partial charge on any atom is -0.478 e. The van der Waals surface area contributed by atoms with Crippen molar-refractivity contribution in [3.63, 3.8) is 0 Å². The Bertz CT molecular complexity index is 739. The molecule has 112 valence electrons. The third kappa shape index (κ3) is 3.66. The fourth-order valence-electron chi connectivity index (χ4n) is 1.74. The van der Waals surface area contributed by atoms with Crippen molar-refractivity contribution in [3.05, 3.63) is 69.8 Å². The van der Waals surface area contributed by atoms with Gasteiger partial charge in [-0.3, -0.25) is 15.5 Å². The molecule has 2 aromatic carbocycles. The molecule has 0 aliphatic carbocycles. The molecule has 0 saturated carbocycles. The first kappa shape index (κ1) is 15.2. The largest absolute Gasteiger partial charge is 0.478 e. The Balaban J connectivity index is 2.14. The van der Waals surface area contributed by atoms with Crippen molar-refractivity contribution in [2.24, 2.45) is 5.10 Å². The van der Waals surface area contributed by atoms with E-state index in [9.17, 15) is 14.9 Å². The zero-order chi connectivity index (χ0) is 16.1. The van der Waals surface area contributed by atoms with Crippen LogP contribution in [0.2, 0.25) is 0 Å². The van der Waals surface area contributed by atoms with Crippen LogP contribution in [-0.2, 0) is 0 Å². The maximum absolute atomic E-state index is 10.7. The van der Waals surface area contributed by atoms with Gasteiger partial charge in [-0.2, -0.15) is 5.10 Å². The molecule has 2 N–H and O–H groups in total. The highest BCUT2D eigenvalue weighted by atomic mass is 16.6. The number of nitro groups is 1. The van der Waals surface area contributed by atoms with Crippen LogP contribution in [0, 0.1) is 10.1 Å². The number of hydrazone groups is 1. The molecule has 7 heteroatoms. The lowest BCUT2D eigenvalue weighted by molar-refractivity contribution is -0.384. The lowest BCUT2D eigenvalue weighted by atomic mass is 10.1. The first-order valence-electron chi connectivity index (χ1n) is 6.36. The van der Waals surface area contributed by atoms with E-state index >= 15 is 0 Å². The Morgan fingerprint density at radius 2 is 1.86 bits per heavy atom. The molecule has 0 atom stereocenters. The SMILES string of the molecule is CC(=NNc1ccc(C(=O)O)cc1)c1cccc([N+](=O)[O-])c1. The Morgan fingerprint density at radius 3 is 2.45 bits per heavy atom. The van der Waals surface area contributed by atoms with E-state index in [1.54, 1.807) is 31.2 Å². The minimum atomic E-state index is -0.997. The van der Waals surface area contributed by atoms with Crippen molar-refractivity contribution >= 4 is 23.1 Å². The molecule has 0 aromatic heterocycles. The maximum Gasteiger partial charge on any atom is 0.335 e. The molecule has 0 spiro atoms. The molecule has 0 bridgehead atoms. The van der Waals surface area contributed by atoms with Gasteiger partial charge in [-0.15, -0.1) is 0 Å². The molecule has 2 aromatic rings. The van der Waals surface area contributed by atoms with E-state index in [1.807, 2.05) is 0 Å². The van der Waals surface area contributed by atoms with Gasteiger partial charge in [0.25, 0.3) is 5.69 Å². The van der Waals surface area contributed by atoms with Crippen molar-refractivity contribution in [2.45, 2.75) is 6.92 Å². The number of carboxylic acid groups (broad SMARTS) is 1. The second kappa shape index (κ2) is 6.49. The van der Waals surface area contributed by atoms with E-state index in [-0.39, 0.29) is 11.3 Å². The molecule has 0 radical (unpaired) electrons. The quantitative estimate of drug-likeness (QED) is 0.501. The smallest absolute Gasteiger partial charge is 0.335 e. The van der Waals surface area contributed by atoms with Crippen LogP contribution in [0.1, 0.15) is 22.8 Å². The highest BCUT2D eigenvalue weighted by Crippen LogP contribution is 2.14. The van der Waals surface area contributed by atoms with Gasteiger partial charge in [-0.25, -0.2) is 4.79 Å². The number of nitrogens with zero attached hydrogens (tertiary/aromatic N) is 2. The molecule has 7 nitrogen and oxygen atoms in total. The molecule has 0 heterocycles. The van der Waals surface area contributed by atoms with E-state index in [0.717, 1.165) is 0 Å². The number of benzene rings is 2. The number of rotatable bonds is 5. The zero-order valence-corrected chi connectivity index (χ0v) is 11.7. The van der Waals surface area contributed by atoms with Crippen molar-refractivity contribution in [2.75, 3.05) is 5.43 Å². The number of anilines is 1. The van der Waals surface area contributed by atoms with Crippen LogP contribution < -0.4 is 5.43 Å². The van der Waals surface area contributed by atoms with E-state index in [0.29, 0.717) is 17.0 Å². The molecule has 0 saturated heterocycles. The van der Waals surface area contributed by atoms with Crippen molar-refractivity contribution in [1.29, 1.82) is 0 Å². The fourth-order valence-corrected chi connectivity index (χ4v) is 1.74. The summed E-state index contributed by atoms with van der Waals surface area (Å²) in [5, 5.41) is 23.7. The molecular weight excluding hydrogens is 286 g/mol. The van der Waals surface area contributed by atoms with Gasteiger partial charge in [0.05, 0.1) is 21.9 Å². The predicted molar refractivity (Wildman–Crippen MR) is 82.3 cm³/mol. The summed E-state index contributed by atoms with van der Waals surface area (Å²) in [6.07, 6.45) is 0. The van der Waals surface area contributed by atoms with E-state index in [1.165, 1.54) is 24.3 Å². The summed E-state index contributed by atoms with van der Waals surface area (Å²) in [6.45, 7) is 1.72. The molecular formula is C15H13N3O4. The van der Waals surface area contributed by atoms with Crippen molar-refractivity contribution < 1.29 is 14.8 Å². The average Bonchev–Trinajstić information content (AvgIpc) is 2.53. The summed E-state index contributed by atoms with van der Waals surface area (Å²) in [6, 6.07) is 12.3. The normalized spacial score (nSPS) is 11.0. The lowest BCUT2D eigenvalue weighted by Crippen LogP contribution is -2.01. The van der Waals surface area contributed by atoms with E-state index in [2.05, 4.69) is 10.5 Å². The first-order chi connectivity index (χ1) is 10.5. The van der Waals surface area contributed by atoms with Crippen LogP contribution in [-0.4, -0.2) is 21.7 Å². The number of hydrogen-bond donors (Lipinski definition) is 2. The molecule has 0 aliphatic rings. The Hall–Kier alpha value is -3.22. The molecule has 0 unspecified atom stereocenters. The first-order valence-corrected chi connectivity index (χ1v) is 6.36. The number of aromatic carboxylic acids is 1. The third-order valence-corrected chi connectivity index (χ3v) is 2.96. The van der Waals surface area contributed by atoms with Crippen LogP contribution in [0.4, 0.5) is 11.4 Å². The topological polar surface area (TPSA) is 105 Å². The van der Waals surface area contributed by atoms with E-state index < -0.39 is 10.9 Å². The number of carbonyl (C=O) groups is 1. The van der Waals surface area contributed by atoms with Crippen LogP contribution in [0.15, 0.2) is 53.6 Å². The summed E-state index contributed by atoms with van der Waals surface area (Å²) in [5.41, 5.74) is 4.79. The standard InChI is InChI=1S/C15H13N3O4/c1-10(12-3-2-4-14(9-12)18(21)22)16-17-13-7-5-11(6-8-13)15(19)20/h2-9,17H,1H3,(H,19,20). The van der Waals surface area contributed by atoms with Crippen LogP contribution in [0.25, 0.3) is 0 Å². The van der Waals surface area contributed by atoms with Gasteiger partial charge in [0, 0.05) is 17.7 Å². The number of nitro benzene ring substituents is 1. The number of non-ortho nitro benzene ring substituents is 1. The van der Waals surface area contributed by atoms with Crippen molar-refractivity contribution in [1.82, 2.24) is 0 Å². The second-order valence-corrected chi connectivity index (χ2v) is 4.50. The monoisotopic (exact) mass is 299 g/mol. The Kier molecular flexibility index (Phi) is 4.47. The molecule has 0 aliphatic heterocycles.